The molecule has 1 saturated heterocycles. The summed E-state index contributed by atoms with van der Waals surface area (Å²) in [6.45, 7) is 7.40. The Morgan fingerprint density at radius 1 is 1.22 bits per heavy atom. The lowest BCUT2D eigenvalue weighted by Gasteiger charge is -2.34. The van der Waals surface area contributed by atoms with Crippen LogP contribution in [0.2, 0.25) is 0 Å². The number of aryl methyl sites for hydroxylation is 1. The molecular weight excluding hydrogens is 344 g/mol. The van der Waals surface area contributed by atoms with Gasteiger partial charge in [-0.25, -0.2) is 0 Å². The van der Waals surface area contributed by atoms with Crippen LogP contribution in [0.25, 0.3) is 0 Å². The molecule has 0 radical (unpaired) electrons. The summed E-state index contributed by atoms with van der Waals surface area (Å²) in [5.74, 6) is 1.86. The van der Waals surface area contributed by atoms with Gasteiger partial charge in [0.25, 0.3) is 0 Å². The van der Waals surface area contributed by atoms with Gasteiger partial charge in [-0.15, -0.1) is 0 Å². The molecule has 1 aromatic heterocycles. The van der Waals surface area contributed by atoms with Crippen molar-refractivity contribution in [1.29, 1.82) is 0 Å². The third-order valence-electron chi connectivity index (χ3n) is 5.18. The SMILES string of the molecule is Cc1cc(CN2CCN(CC(=O)NC3CCOc4ccccc43)CC2)on1. The normalized spacial score (nSPS) is 20.7. The molecule has 0 saturated carbocycles. The number of nitrogens with one attached hydrogen (secondary N) is 1. The Labute approximate surface area is 159 Å². The highest BCUT2D eigenvalue weighted by molar-refractivity contribution is 5.78. The monoisotopic (exact) mass is 370 g/mol. The number of nitrogens with zero attached hydrogens (tertiary/aromatic N) is 3. The number of fused-ring (bicyclic) bond motifs is 1. The van der Waals surface area contributed by atoms with Crippen molar-refractivity contribution in [2.75, 3.05) is 39.3 Å². The number of rotatable bonds is 5. The van der Waals surface area contributed by atoms with E-state index in [1.807, 2.05) is 37.3 Å². The molecule has 1 fully saturated rings. The summed E-state index contributed by atoms with van der Waals surface area (Å²) in [5.41, 5.74) is 1.99. The fraction of sp³-hybridized carbons (Fsp3) is 0.500. The van der Waals surface area contributed by atoms with Crippen molar-refractivity contribution in [3.63, 3.8) is 0 Å². The van der Waals surface area contributed by atoms with Gasteiger partial charge in [0, 0.05) is 44.2 Å². The maximum absolute atomic E-state index is 12.5. The molecule has 0 aliphatic carbocycles. The van der Waals surface area contributed by atoms with E-state index in [4.69, 9.17) is 9.26 Å². The zero-order valence-electron chi connectivity index (χ0n) is 15.7. The van der Waals surface area contributed by atoms with E-state index in [0.29, 0.717) is 13.2 Å². The van der Waals surface area contributed by atoms with Crippen LogP contribution in [-0.4, -0.2) is 60.2 Å². The highest BCUT2D eigenvalue weighted by atomic mass is 16.5. The third kappa shape index (κ3) is 4.48. The number of benzene rings is 1. The molecular formula is C20H26N4O3. The molecule has 2 aromatic rings. The van der Waals surface area contributed by atoms with Crippen molar-refractivity contribution in [1.82, 2.24) is 20.3 Å². The Hall–Kier alpha value is -2.38. The van der Waals surface area contributed by atoms with Crippen LogP contribution in [0.5, 0.6) is 5.75 Å². The van der Waals surface area contributed by atoms with E-state index >= 15 is 0 Å². The molecule has 7 nitrogen and oxygen atoms in total. The molecule has 144 valence electrons. The molecule has 1 aromatic carbocycles. The van der Waals surface area contributed by atoms with E-state index in [1.54, 1.807) is 0 Å². The number of amides is 1. The average molecular weight is 370 g/mol. The lowest BCUT2D eigenvalue weighted by Crippen LogP contribution is -2.49. The number of carbonyl (C=O) groups is 1. The molecule has 1 unspecified atom stereocenters. The molecule has 1 atom stereocenters. The van der Waals surface area contributed by atoms with Crippen LogP contribution in [0.15, 0.2) is 34.9 Å². The number of hydrogen-bond acceptors (Lipinski definition) is 6. The molecule has 0 spiro atoms. The number of para-hydroxylation sites is 1. The minimum atomic E-state index is 0.0402. The van der Waals surface area contributed by atoms with Crippen LogP contribution in [0.1, 0.15) is 29.5 Å². The van der Waals surface area contributed by atoms with Crippen LogP contribution >= 0.6 is 0 Å². The van der Waals surface area contributed by atoms with Gasteiger partial charge >= 0.3 is 0 Å². The van der Waals surface area contributed by atoms with Crippen molar-refractivity contribution in [3.05, 3.63) is 47.3 Å². The van der Waals surface area contributed by atoms with Crippen molar-refractivity contribution >= 4 is 5.91 Å². The molecule has 2 aliphatic rings. The number of ether oxygens (including phenoxy) is 1. The summed E-state index contributed by atoms with van der Waals surface area (Å²) in [6.07, 6.45) is 0.813. The average Bonchev–Trinajstić information content (AvgIpc) is 3.08. The maximum Gasteiger partial charge on any atom is 0.234 e. The standard InChI is InChI=1S/C20H26N4O3/c1-15-12-16(27-22-15)13-23-7-9-24(10-8-23)14-20(25)21-18-6-11-26-19-5-3-2-4-17(18)19/h2-5,12,18H,6-11,13-14H2,1H3,(H,21,25). The molecule has 1 N–H and O–H groups in total. The number of piperazine rings is 1. The van der Waals surface area contributed by atoms with Crippen LogP contribution < -0.4 is 10.1 Å². The lowest BCUT2D eigenvalue weighted by atomic mass is 10.0. The molecule has 0 bridgehead atoms. The topological polar surface area (TPSA) is 70.8 Å². The molecule has 27 heavy (non-hydrogen) atoms. The van der Waals surface area contributed by atoms with E-state index in [-0.39, 0.29) is 11.9 Å². The highest BCUT2D eigenvalue weighted by Crippen LogP contribution is 2.31. The predicted octanol–water partition coefficient (Wildman–Crippen LogP) is 1.74. The smallest absolute Gasteiger partial charge is 0.234 e. The van der Waals surface area contributed by atoms with E-state index in [9.17, 15) is 4.79 Å². The Balaban J connectivity index is 1.24. The van der Waals surface area contributed by atoms with E-state index in [0.717, 1.165) is 61.9 Å². The second-order valence-corrected chi connectivity index (χ2v) is 7.28. The van der Waals surface area contributed by atoms with Gasteiger partial charge in [0.2, 0.25) is 5.91 Å². The number of aromatic nitrogens is 1. The Bertz CT molecular complexity index is 783. The Kier molecular flexibility index (Phi) is 5.40. The van der Waals surface area contributed by atoms with E-state index in [1.165, 1.54) is 0 Å². The second-order valence-electron chi connectivity index (χ2n) is 7.28. The zero-order chi connectivity index (χ0) is 18.6. The summed E-state index contributed by atoms with van der Waals surface area (Å²) in [6, 6.07) is 9.96. The molecule has 7 heteroatoms. The van der Waals surface area contributed by atoms with Gasteiger partial charge in [-0.05, 0) is 13.0 Å². The fourth-order valence-electron chi connectivity index (χ4n) is 3.75. The van der Waals surface area contributed by atoms with Gasteiger partial charge < -0.3 is 14.6 Å². The molecule has 4 rings (SSSR count). The number of hydrogen-bond donors (Lipinski definition) is 1. The van der Waals surface area contributed by atoms with Gasteiger partial charge in [0.05, 0.1) is 31.4 Å². The van der Waals surface area contributed by atoms with Crippen LogP contribution in [0.4, 0.5) is 0 Å². The quantitative estimate of drug-likeness (QED) is 0.865. The van der Waals surface area contributed by atoms with Crippen molar-refractivity contribution < 1.29 is 14.1 Å². The van der Waals surface area contributed by atoms with Gasteiger partial charge in [-0.3, -0.25) is 14.6 Å². The lowest BCUT2D eigenvalue weighted by molar-refractivity contribution is -0.123. The first-order valence-electron chi connectivity index (χ1n) is 9.55. The van der Waals surface area contributed by atoms with Gasteiger partial charge in [-0.2, -0.15) is 0 Å². The van der Waals surface area contributed by atoms with Crippen molar-refractivity contribution in [2.24, 2.45) is 0 Å². The zero-order valence-corrected chi connectivity index (χ0v) is 15.7. The molecule has 2 aliphatic heterocycles. The van der Waals surface area contributed by atoms with Gasteiger partial charge in [0.15, 0.2) is 5.76 Å². The minimum Gasteiger partial charge on any atom is -0.493 e. The van der Waals surface area contributed by atoms with E-state index in [2.05, 4.69) is 20.3 Å². The highest BCUT2D eigenvalue weighted by Gasteiger charge is 2.25. The first-order valence-corrected chi connectivity index (χ1v) is 9.55. The summed E-state index contributed by atoms with van der Waals surface area (Å²) in [7, 11) is 0. The molecule has 3 heterocycles. The fourth-order valence-corrected chi connectivity index (χ4v) is 3.75. The van der Waals surface area contributed by atoms with E-state index < -0.39 is 0 Å². The third-order valence-corrected chi connectivity index (χ3v) is 5.18. The Morgan fingerprint density at radius 3 is 2.78 bits per heavy atom. The van der Waals surface area contributed by atoms with Crippen LogP contribution in [0, 0.1) is 6.92 Å². The largest absolute Gasteiger partial charge is 0.493 e. The van der Waals surface area contributed by atoms with Crippen LogP contribution in [-0.2, 0) is 11.3 Å². The summed E-state index contributed by atoms with van der Waals surface area (Å²) < 4.78 is 11.0. The van der Waals surface area contributed by atoms with Gasteiger partial charge in [0.1, 0.15) is 5.75 Å². The predicted molar refractivity (Wildman–Crippen MR) is 100 cm³/mol. The van der Waals surface area contributed by atoms with Crippen LogP contribution in [0.3, 0.4) is 0 Å². The Morgan fingerprint density at radius 2 is 2.00 bits per heavy atom. The summed E-state index contributed by atoms with van der Waals surface area (Å²) >= 11 is 0. The second kappa shape index (κ2) is 8.10. The first-order chi connectivity index (χ1) is 13.2. The summed E-state index contributed by atoms with van der Waals surface area (Å²) in [5, 5.41) is 7.11. The van der Waals surface area contributed by atoms with Crippen molar-refractivity contribution in [3.8, 4) is 5.75 Å². The van der Waals surface area contributed by atoms with Gasteiger partial charge in [-0.1, -0.05) is 23.4 Å². The first kappa shape index (κ1) is 18.0. The molecule has 1 amide bonds. The minimum absolute atomic E-state index is 0.0402. The maximum atomic E-state index is 12.5. The van der Waals surface area contributed by atoms with Crippen molar-refractivity contribution in [2.45, 2.75) is 25.9 Å². The number of carbonyl (C=O) groups excluding carboxylic acids is 1. The summed E-state index contributed by atoms with van der Waals surface area (Å²) in [4.78, 5) is 17.1.